The number of halogens is 1. The first-order valence-electron chi connectivity index (χ1n) is 13.7. The zero-order valence-corrected chi connectivity index (χ0v) is 24.6. The highest BCUT2D eigenvalue weighted by molar-refractivity contribution is 7.99. The maximum Gasteiger partial charge on any atom is 0.254 e. The summed E-state index contributed by atoms with van der Waals surface area (Å²) in [5.74, 6) is 1.13. The third-order valence-corrected chi connectivity index (χ3v) is 8.50. The van der Waals surface area contributed by atoms with Crippen LogP contribution in [0.5, 0.6) is 0 Å². The predicted molar refractivity (Wildman–Crippen MR) is 160 cm³/mol. The van der Waals surface area contributed by atoms with Crippen molar-refractivity contribution in [1.29, 1.82) is 0 Å². The van der Waals surface area contributed by atoms with Gasteiger partial charge in [0, 0.05) is 70.0 Å². The van der Waals surface area contributed by atoms with E-state index >= 15 is 0 Å². The van der Waals surface area contributed by atoms with Crippen molar-refractivity contribution in [3.8, 4) is 0 Å². The van der Waals surface area contributed by atoms with Crippen LogP contribution in [0, 0.1) is 6.92 Å². The number of hydrogen-bond acceptors (Lipinski definition) is 7. The summed E-state index contributed by atoms with van der Waals surface area (Å²) in [6.07, 6.45) is 0. The van der Waals surface area contributed by atoms with E-state index in [4.69, 9.17) is 16.6 Å². The summed E-state index contributed by atoms with van der Waals surface area (Å²) in [5.41, 5.74) is 3.13. The number of aryl methyl sites for hydroxylation is 1. The van der Waals surface area contributed by atoms with E-state index in [0.29, 0.717) is 35.5 Å². The van der Waals surface area contributed by atoms with Gasteiger partial charge < -0.3 is 14.7 Å². The fourth-order valence-electron chi connectivity index (χ4n) is 5.16. The standard InChI is InChI=1S/C30H35ClN6O2S/c1-22-8-10-25(11-9-22)29(39)37-17-16-36(19-23(37)2)27-18-26(31)32-30(33-27)40-21-28(38)35-14-12-34(13-15-35)20-24-6-4-3-5-7-24/h3-11,18,23H,12-17,19-21H2,1-2H3/t23-/m0/s1. The van der Waals surface area contributed by atoms with E-state index in [1.807, 2.05) is 47.1 Å². The fraction of sp³-hybridized carbons (Fsp3) is 0.400. The number of rotatable bonds is 7. The fourth-order valence-corrected chi connectivity index (χ4v) is 6.14. The Hall–Kier alpha value is -3.14. The first-order valence-corrected chi connectivity index (χ1v) is 15.1. The zero-order valence-electron chi connectivity index (χ0n) is 23.0. The first kappa shape index (κ1) is 28.4. The molecule has 10 heteroatoms. The van der Waals surface area contributed by atoms with Crippen LogP contribution < -0.4 is 4.90 Å². The number of carbonyl (C=O) groups is 2. The molecule has 2 aromatic carbocycles. The van der Waals surface area contributed by atoms with Gasteiger partial charge in [0.15, 0.2) is 5.16 Å². The number of anilines is 1. The molecule has 0 radical (unpaired) electrons. The Labute approximate surface area is 245 Å². The number of aromatic nitrogens is 2. The van der Waals surface area contributed by atoms with Crippen molar-refractivity contribution in [2.75, 3.05) is 56.5 Å². The van der Waals surface area contributed by atoms with Gasteiger partial charge >= 0.3 is 0 Å². The number of piperazine rings is 2. The largest absolute Gasteiger partial charge is 0.353 e. The molecule has 0 aliphatic carbocycles. The third-order valence-electron chi connectivity index (χ3n) is 7.47. The zero-order chi connectivity index (χ0) is 28.1. The molecule has 2 aliphatic heterocycles. The molecule has 5 rings (SSSR count). The van der Waals surface area contributed by atoms with Gasteiger partial charge in [-0.05, 0) is 31.5 Å². The van der Waals surface area contributed by atoms with Crippen molar-refractivity contribution in [2.24, 2.45) is 0 Å². The van der Waals surface area contributed by atoms with Crippen LogP contribution in [-0.4, -0.2) is 94.1 Å². The number of amides is 2. The molecule has 3 aromatic rings. The Kier molecular flexibility index (Phi) is 9.24. The summed E-state index contributed by atoms with van der Waals surface area (Å²) in [5, 5.41) is 0.838. The minimum absolute atomic E-state index is 0.00883. The topological polar surface area (TPSA) is 72.9 Å². The van der Waals surface area contributed by atoms with Crippen molar-refractivity contribution < 1.29 is 9.59 Å². The van der Waals surface area contributed by atoms with Crippen molar-refractivity contribution in [3.63, 3.8) is 0 Å². The number of carbonyl (C=O) groups excluding carboxylic acids is 2. The minimum Gasteiger partial charge on any atom is -0.353 e. The van der Waals surface area contributed by atoms with Crippen molar-refractivity contribution in [1.82, 2.24) is 24.7 Å². The lowest BCUT2D eigenvalue weighted by Gasteiger charge is -2.40. The Morgan fingerprint density at radius 3 is 2.38 bits per heavy atom. The highest BCUT2D eigenvalue weighted by Gasteiger charge is 2.29. The lowest BCUT2D eigenvalue weighted by molar-refractivity contribution is -0.130. The quantitative estimate of drug-likeness (QED) is 0.236. The SMILES string of the molecule is Cc1ccc(C(=O)N2CCN(c3cc(Cl)nc(SCC(=O)N4CCN(Cc5ccccc5)CC4)n3)C[C@@H]2C)cc1. The van der Waals surface area contributed by atoms with Gasteiger partial charge in [-0.15, -0.1) is 0 Å². The van der Waals surface area contributed by atoms with Crippen molar-refractivity contribution in [2.45, 2.75) is 31.6 Å². The van der Waals surface area contributed by atoms with E-state index < -0.39 is 0 Å². The maximum absolute atomic E-state index is 13.1. The molecule has 2 aliphatic rings. The van der Waals surface area contributed by atoms with Gasteiger partial charge in [0.2, 0.25) is 5.91 Å². The highest BCUT2D eigenvalue weighted by atomic mass is 35.5. The number of nitrogens with zero attached hydrogens (tertiary/aromatic N) is 6. The molecule has 2 amide bonds. The van der Waals surface area contributed by atoms with Crippen molar-refractivity contribution in [3.05, 3.63) is 82.5 Å². The normalized spacial score (nSPS) is 18.2. The Bertz CT molecular complexity index is 1320. The Morgan fingerprint density at radius 2 is 1.68 bits per heavy atom. The summed E-state index contributed by atoms with van der Waals surface area (Å²) in [6, 6.07) is 19.9. The number of hydrogen-bond donors (Lipinski definition) is 0. The average Bonchev–Trinajstić information content (AvgIpc) is 2.96. The molecule has 2 fully saturated rings. The lowest BCUT2D eigenvalue weighted by Crippen LogP contribution is -2.54. The number of benzene rings is 2. The third kappa shape index (κ3) is 7.13. The van der Waals surface area contributed by atoms with E-state index in [1.54, 1.807) is 6.07 Å². The van der Waals surface area contributed by atoms with Crippen LogP contribution in [0.15, 0.2) is 65.8 Å². The molecule has 1 atom stereocenters. The van der Waals surface area contributed by atoms with Crippen molar-refractivity contribution >= 4 is 41.0 Å². The molecule has 0 bridgehead atoms. The van der Waals surface area contributed by atoms with Crippen LogP contribution in [0.1, 0.15) is 28.4 Å². The molecule has 0 N–H and O–H groups in total. The van der Waals surface area contributed by atoms with Crippen LogP contribution in [0.25, 0.3) is 0 Å². The maximum atomic E-state index is 13.1. The van der Waals surface area contributed by atoms with E-state index in [1.165, 1.54) is 17.3 Å². The molecule has 3 heterocycles. The lowest BCUT2D eigenvalue weighted by atomic mass is 10.1. The number of thioether (sulfide) groups is 1. The average molecular weight is 579 g/mol. The summed E-state index contributed by atoms with van der Waals surface area (Å²) in [4.78, 5) is 43.4. The van der Waals surface area contributed by atoms with Gasteiger partial charge in [-0.1, -0.05) is 71.4 Å². The van der Waals surface area contributed by atoms with Gasteiger partial charge in [-0.25, -0.2) is 9.97 Å². The molecule has 210 valence electrons. The smallest absolute Gasteiger partial charge is 0.254 e. The van der Waals surface area contributed by atoms with Crippen LogP contribution in [0.2, 0.25) is 5.15 Å². The molecule has 8 nitrogen and oxygen atoms in total. The van der Waals surface area contributed by atoms with Crippen LogP contribution >= 0.6 is 23.4 Å². The first-order chi connectivity index (χ1) is 19.4. The monoisotopic (exact) mass is 578 g/mol. The van der Waals surface area contributed by atoms with Gasteiger partial charge in [0.25, 0.3) is 5.91 Å². The van der Waals surface area contributed by atoms with Gasteiger partial charge in [0.05, 0.1) is 5.75 Å². The van der Waals surface area contributed by atoms with Gasteiger partial charge in [-0.2, -0.15) is 0 Å². The van der Waals surface area contributed by atoms with Crippen LogP contribution in [0.3, 0.4) is 0 Å². The molecule has 1 aromatic heterocycles. The second-order valence-electron chi connectivity index (χ2n) is 10.4. The predicted octanol–water partition coefficient (Wildman–Crippen LogP) is 4.23. The van der Waals surface area contributed by atoms with E-state index in [9.17, 15) is 9.59 Å². The second-order valence-corrected chi connectivity index (χ2v) is 11.8. The highest BCUT2D eigenvalue weighted by Crippen LogP contribution is 2.25. The van der Waals surface area contributed by atoms with Gasteiger partial charge in [0.1, 0.15) is 11.0 Å². The Balaban J connectivity index is 1.13. The summed E-state index contributed by atoms with van der Waals surface area (Å²) >= 11 is 7.69. The minimum atomic E-state index is 0.00883. The molecule has 0 unspecified atom stereocenters. The molecule has 0 spiro atoms. The summed E-state index contributed by atoms with van der Waals surface area (Å²) in [7, 11) is 0. The van der Waals surface area contributed by atoms with E-state index in [0.717, 1.165) is 44.1 Å². The molecular weight excluding hydrogens is 544 g/mol. The molecule has 0 saturated carbocycles. The molecular formula is C30H35ClN6O2S. The molecule has 40 heavy (non-hydrogen) atoms. The Morgan fingerprint density at radius 1 is 0.950 bits per heavy atom. The summed E-state index contributed by atoms with van der Waals surface area (Å²) < 4.78 is 0. The molecule has 2 saturated heterocycles. The van der Waals surface area contributed by atoms with Crippen LogP contribution in [-0.2, 0) is 11.3 Å². The van der Waals surface area contributed by atoms with E-state index in [-0.39, 0.29) is 23.6 Å². The van der Waals surface area contributed by atoms with Crippen LogP contribution in [0.4, 0.5) is 5.82 Å². The van der Waals surface area contributed by atoms with Gasteiger partial charge in [-0.3, -0.25) is 14.5 Å². The summed E-state index contributed by atoms with van der Waals surface area (Å²) in [6.45, 7) is 10.0. The van der Waals surface area contributed by atoms with E-state index in [2.05, 4.69) is 46.0 Å². The second kappa shape index (κ2) is 13.0.